The first-order chi connectivity index (χ1) is 16.7. The highest BCUT2D eigenvalue weighted by atomic mass is 32.1. The number of likely N-dealkylation sites (tertiary alicyclic amines) is 1. The third-order valence-corrected chi connectivity index (χ3v) is 7.55. The molecule has 1 amide bonds. The molecule has 1 atom stereocenters. The first kappa shape index (κ1) is 20.9. The van der Waals surface area contributed by atoms with Crippen molar-refractivity contribution in [2.75, 3.05) is 19.8 Å². The Hall–Kier alpha value is -3.65. The zero-order valence-corrected chi connectivity index (χ0v) is 19.3. The molecule has 0 saturated carbocycles. The minimum atomic E-state index is -0.180. The fourth-order valence-electron chi connectivity index (χ4n) is 4.72. The summed E-state index contributed by atoms with van der Waals surface area (Å²) in [6, 6.07) is 17.7. The molecule has 0 N–H and O–H groups in total. The van der Waals surface area contributed by atoms with Gasteiger partial charge in [-0.1, -0.05) is 36.4 Å². The molecule has 172 valence electrons. The summed E-state index contributed by atoms with van der Waals surface area (Å²) in [5.74, 6) is 1.38. The minimum absolute atomic E-state index is 0.0264. The molecule has 1 saturated heterocycles. The Bertz CT molecular complexity index is 1430. The topological polar surface area (TPSA) is 73.7 Å². The summed E-state index contributed by atoms with van der Waals surface area (Å²) in [7, 11) is 0. The molecular formula is C26H23N3O4S. The first-order valence-electron chi connectivity index (χ1n) is 11.4. The van der Waals surface area contributed by atoms with Crippen LogP contribution in [0.25, 0.3) is 20.7 Å². The molecule has 2 aliphatic heterocycles. The van der Waals surface area contributed by atoms with Crippen molar-refractivity contribution < 1.29 is 14.3 Å². The van der Waals surface area contributed by atoms with Gasteiger partial charge in [-0.2, -0.15) is 0 Å². The lowest BCUT2D eigenvalue weighted by atomic mass is 10.0. The molecule has 4 heterocycles. The second-order valence-electron chi connectivity index (χ2n) is 8.52. The quantitative estimate of drug-likeness (QED) is 0.443. The van der Waals surface area contributed by atoms with Crippen LogP contribution in [0, 0.1) is 0 Å². The van der Waals surface area contributed by atoms with Gasteiger partial charge in [-0.15, -0.1) is 11.3 Å². The maximum atomic E-state index is 13.3. The number of carbonyl (C=O) groups excluding carboxylic acids is 1. The molecule has 0 spiro atoms. The number of hydrogen-bond acceptors (Lipinski definition) is 6. The zero-order chi connectivity index (χ0) is 23.1. The predicted molar refractivity (Wildman–Crippen MR) is 130 cm³/mol. The van der Waals surface area contributed by atoms with Gasteiger partial charge in [0.1, 0.15) is 24.5 Å². The Morgan fingerprint density at radius 2 is 1.88 bits per heavy atom. The lowest BCUT2D eigenvalue weighted by molar-refractivity contribution is -0.132. The fraction of sp³-hybridized carbons (Fsp3) is 0.269. The summed E-state index contributed by atoms with van der Waals surface area (Å²) in [4.78, 5) is 33.8. The SMILES string of the molecule is O=C(Cn1cnc2cc(-c3ccccc3)sc2c1=O)N1CCCC1c1ccc2c(c1)OCCO2. The van der Waals surface area contributed by atoms with Crippen LogP contribution in [0.2, 0.25) is 0 Å². The van der Waals surface area contributed by atoms with Gasteiger partial charge < -0.3 is 14.4 Å². The molecule has 1 unspecified atom stereocenters. The molecule has 34 heavy (non-hydrogen) atoms. The number of ether oxygens (including phenoxy) is 2. The summed E-state index contributed by atoms with van der Waals surface area (Å²) in [6.45, 7) is 1.71. The number of fused-ring (bicyclic) bond motifs is 2. The van der Waals surface area contributed by atoms with E-state index in [1.807, 2.05) is 59.5 Å². The molecule has 4 aromatic rings. The number of benzene rings is 2. The van der Waals surface area contributed by atoms with Crippen molar-refractivity contribution in [3.8, 4) is 21.9 Å². The average molecular weight is 474 g/mol. The Balaban J connectivity index is 1.25. The highest BCUT2D eigenvalue weighted by Crippen LogP contribution is 2.38. The number of nitrogens with zero attached hydrogens (tertiary/aromatic N) is 3. The number of rotatable bonds is 4. The number of amides is 1. The van der Waals surface area contributed by atoms with E-state index in [1.54, 1.807) is 0 Å². The van der Waals surface area contributed by atoms with E-state index >= 15 is 0 Å². The highest BCUT2D eigenvalue weighted by molar-refractivity contribution is 7.22. The molecule has 6 rings (SSSR count). The standard InChI is InChI=1S/C26H23N3O4S/c30-24(29-10-4-7-20(29)18-8-9-21-22(13-18)33-12-11-32-21)15-28-16-27-19-14-23(34-25(19)26(28)31)17-5-2-1-3-6-17/h1-3,5-6,8-9,13-14,16,20H,4,7,10-12,15H2. The molecule has 7 nitrogen and oxygen atoms in total. The van der Waals surface area contributed by atoms with E-state index in [-0.39, 0.29) is 24.1 Å². The lowest BCUT2D eigenvalue weighted by Crippen LogP contribution is -2.36. The van der Waals surface area contributed by atoms with Gasteiger partial charge >= 0.3 is 0 Å². The normalized spacial score (nSPS) is 17.3. The molecule has 0 bridgehead atoms. The second kappa shape index (κ2) is 8.61. The maximum Gasteiger partial charge on any atom is 0.271 e. The van der Waals surface area contributed by atoms with Crippen LogP contribution in [-0.2, 0) is 11.3 Å². The largest absolute Gasteiger partial charge is 0.486 e. The van der Waals surface area contributed by atoms with Crippen molar-refractivity contribution in [2.24, 2.45) is 0 Å². The van der Waals surface area contributed by atoms with Crippen LogP contribution >= 0.6 is 11.3 Å². The summed E-state index contributed by atoms with van der Waals surface area (Å²) in [5.41, 5.74) is 2.56. The summed E-state index contributed by atoms with van der Waals surface area (Å²) >= 11 is 1.41. The average Bonchev–Trinajstić information content (AvgIpc) is 3.54. The van der Waals surface area contributed by atoms with Gasteiger partial charge in [0.2, 0.25) is 5.91 Å². The van der Waals surface area contributed by atoms with E-state index in [9.17, 15) is 9.59 Å². The van der Waals surface area contributed by atoms with Gasteiger partial charge in [0.15, 0.2) is 11.5 Å². The molecule has 2 aromatic heterocycles. The number of carbonyl (C=O) groups is 1. The van der Waals surface area contributed by atoms with Crippen LogP contribution in [0.4, 0.5) is 0 Å². The van der Waals surface area contributed by atoms with Crippen molar-refractivity contribution in [3.63, 3.8) is 0 Å². The maximum absolute atomic E-state index is 13.3. The Labute approximate surface area is 200 Å². The van der Waals surface area contributed by atoms with Crippen molar-refractivity contribution in [1.82, 2.24) is 14.5 Å². The van der Waals surface area contributed by atoms with Gasteiger partial charge in [-0.05, 0) is 42.2 Å². The van der Waals surface area contributed by atoms with Crippen LogP contribution in [0.15, 0.2) is 65.7 Å². The molecule has 2 aromatic carbocycles. The van der Waals surface area contributed by atoms with E-state index < -0.39 is 0 Å². The van der Waals surface area contributed by atoms with Crippen molar-refractivity contribution in [1.29, 1.82) is 0 Å². The van der Waals surface area contributed by atoms with Crippen LogP contribution in [0.5, 0.6) is 11.5 Å². The van der Waals surface area contributed by atoms with E-state index in [0.717, 1.165) is 40.3 Å². The highest BCUT2D eigenvalue weighted by Gasteiger charge is 2.31. The van der Waals surface area contributed by atoms with E-state index in [0.29, 0.717) is 30.0 Å². The Kier molecular flexibility index (Phi) is 5.30. The smallest absolute Gasteiger partial charge is 0.271 e. The van der Waals surface area contributed by atoms with Crippen LogP contribution in [0.1, 0.15) is 24.4 Å². The Morgan fingerprint density at radius 1 is 1.06 bits per heavy atom. The number of hydrogen-bond donors (Lipinski definition) is 0. The fourth-order valence-corrected chi connectivity index (χ4v) is 5.78. The van der Waals surface area contributed by atoms with Gasteiger partial charge in [0, 0.05) is 11.4 Å². The molecule has 1 fully saturated rings. The third-order valence-electron chi connectivity index (χ3n) is 6.39. The summed E-state index contributed by atoms with van der Waals surface area (Å²) in [6.07, 6.45) is 3.28. The van der Waals surface area contributed by atoms with Crippen molar-refractivity contribution >= 4 is 27.5 Å². The minimum Gasteiger partial charge on any atom is -0.486 e. The predicted octanol–water partition coefficient (Wildman–Crippen LogP) is 4.26. The van der Waals surface area contributed by atoms with Crippen molar-refractivity contribution in [3.05, 3.63) is 76.8 Å². The molecule has 8 heteroatoms. The lowest BCUT2D eigenvalue weighted by Gasteiger charge is -2.27. The summed E-state index contributed by atoms with van der Waals surface area (Å²) < 4.78 is 13.3. The monoisotopic (exact) mass is 473 g/mol. The van der Waals surface area contributed by atoms with Crippen LogP contribution < -0.4 is 15.0 Å². The zero-order valence-electron chi connectivity index (χ0n) is 18.5. The number of aromatic nitrogens is 2. The third kappa shape index (κ3) is 3.74. The van der Waals surface area contributed by atoms with Crippen LogP contribution in [0.3, 0.4) is 0 Å². The summed E-state index contributed by atoms with van der Waals surface area (Å²) in [5, 5.41) is 0. The van der Waals surface area contributed by atoms with E-state index in [4.69, 9.17) is 9.47 Å². The van der Waals surface area contributed by atoms with Crippen molar-refractivity contribution in [2.45, 2.75) is 25.4 Å². The molecule has 0 aliphatic carbocycles. The molecule has 0 radical (unpaired) electrons. The van der Waals surface area contributed by atoms with Gasteiger partial charge in [0.05, 0.1) is 17.9 Å². The Morgan fingerprint density at radius 3 is 2.74 bits per heavy atom. The van der Waals surface area contributed by atoms with Gasteiger partial charge in [0.25, 0.3) is 5.56 Å². The molecule has 2 aliphatic rings. The van der Waals surface area contributed by atoms with E-state index in [2.05, 4.69) is 4.98 Å². The molecular weight excluding hydrogens is 450 g/mol. The number of thiophene rings is 1. The first-order valence-corrected chi connectivity index (χ1v) is 12.2. The second-order valence-corrected chi connectivity index (χ2v) is 9.57. The van der Waals surface area contributed by atoms with Gasteiger partial charge in [-0.3, -0.25) is 14.2 Å². The van der Waals surface area contributed by atoms with E-state index in [1.165, 1.54) is 22.2 Å². The van der Waals surface area contributed by atoms with Gasteiger partial charge in [-0.25, -0.2) is 4.98 Å². The van der Waals surface area contributed by atoms with Crippen LogP contribution in [-0.4, -0.2) is 40.1 Å².